The molecule has 0 saturated carbocycles. The number of imide groups is 2. The number of aromatic nitrogens is 1. The number of likely N-dealkylation sites (tertiary alicyclic amines) is 1. The van der Waals surface area contributed by atoms with Gasteiger partial charge in [0.25, 0.3) is 11.8 Å². The molecule has 1 atom stereocenters. The fraction of sp³-hybridized carbons (Fsp3) is 0.409. The summed E-state index contributed by atoms with van der Waals surface area (Å²) in [5.74, 6) is -4.59. The summed E-state index contributed by atoms with van der Waals surface area (Å²) in [5.41, 5.74) is -0.591. The van der Waals surface area contributed by atoms with Crippen LogP contribution in [0.4, 0.5) is 21.5 Å². The van der Waals surface area contributed by atoms with E-state index >= 15 is 4.39 Å². The predicted molar refractivity (Wildman–Crippen MR) is 230 cm³/mol. The van der Waals surface area contributed by atoms with Crippen molar-refractivity contribution in [2.45, 2.75) is 38.1 Å². The summed E-state index contributed by atoms with van der Waals surface area (Å²) in [6.45, 7) is -11.8. The molecule has 1 unspecified atom stereocenters. The zero-order chi connectivity index (χ0) is 50.8. The normalized spacial score (nSPS) is 24.0. The van der Waals surface area contributed by atoms with Gasteiger partial charge in [0.05, 0.1) is 69.9 Å². The van der Waals surface area contributed by atoms with Crippen molar-refractivity contribution >= 4 is 74.8 Å². The highest BCUT2D eigenvalue weighted by molar-refractivity contribution is 6.37. The van der Waals surface area contributed by atoms with Crippen LogP contribution in [0.1, 0.15) is 69.3 Å². The first-order chi connectivity index (χ1) is 33.0. The predicted octanol–water partition coefficient (Wildman–Crippen LogP) is 6.02. The van der Waals surface area contributed by atoms with Crippen molar-refractivity contribution in [3.63, 3.8) is 0 Å². The van der Waals surface area contributed by atoms with Gasteiger partial charge >= 0.3 is 0 Å². The Hall–Kier alpha value is -5.73. The number of rotatable bonds is 13. The third-order valence-corrected chi connectivity index (χ3v) is 11.7. The number of nitrogens with zero attached hydrogens (tertiary/aromatic N) is 6. The number of fused-ring (bicyclic) bond motifs is 2. The Morgan fingerprint density at radius 2 is 1.69 bits per heavy atom. The number of nitriles is 1. The molecule has 8 rings (SSSR count). The Morgan fingerprint density at radius 3 is 2.40 bits per heavy atom. The number of pyridine rings is 1. The minimum Gasteiger partial charge on any atom is -0.495 e. The number of piperazine rings is 1. The van der Waals surface area contributed by atoms with E-state index in [1.807, 2.05) is 5.32 Å². The lowest BCUT2D eigenvalue weighted by molar-refractivity contribution is -0.136. The largest absolute Gasteiger partial charge is 0.495 e. The number of amides is 4. The molecular formula is C44H45Cl2FN8O7. The molecule has 3 fully saturated rings. The summed E-state index contributed by atoms with van der Waals surface area (Å²) in [5, 5.41) is 16.3. The monoisotopic (exact) mass is 894 g/mol. The molecule has 0 spiro atoms. The first-order valence-electron chi connectivity index (χ1n) is 23.7. The first kappa shape index (κ1) is 33.8. The maximum Gasteiger partial charge on any atom is 0.265 e. The van der Waals surface area contributed by atoms with Gasteiger partial charge in [0.1, 0.15) is 23.7 Å². The molecule has 62 heavy (non-hydrogen) atoms. The van der Waals surface area contributed by atoms with E-state index in [1.54, 1.807) is 18.2 Å². The van der Waals surface area contributed by atoms with Crippen LogP contribution in [0.3, 0.4) is 0 Å². The molecular weight excluding hydrogens is 842 g/mol. The summed E-state index contributed by atoms with van der Waals surface area (Å²) in [4.78, 5) is 58.9. The van der Waals surface area contributed by atoms with Crippen molar-refractivity contribution in [2.75, 3.05) is 83.2 Å². The zero-order valence-electron chi connectivity index (χ0n) is 41.4. The molecule has 2 N–H and O–H groups in total. The van der Waals surface area contributed by atoms with Crippen molar-refractivity contribution in [1.82, 2.24) is 25.0 Å². The molecule has 4 aliphatic rings. The molecule has 0 radical (unpaired) electrons. The molecule has 3 saturated heterocycles. The lowest BCUT2D eigenvalue weighted by Gasteiger charge is -2.39. The number of carbonyl (C=O) groups is 4. The van der Waals surface area contributed by atoms with Crippen LogP contribution in [0.2, 0.25) is 10.0 Å². The van der Waals surface area contributed by atoms with Crippen molar-refractivity contribution in [3.8, 4) is 23.3 Å². The SMILES string of the molecule is [2H]C1([2H])N(CC2CCN(CCCOc3cc4ncc(C#N)c(Nc5cc(OC)c(Cl)cc5Cl)c4cc3OC)CC2)C([2H])([2H])C([2H])([2H])N(c2cc(F)c3c(c2)C(=O)N(C2CCC(=O)NC2=O)C3=O)C1([2H])[2H]. The summed E-state index contributed by atoms with van der Waals surface area (Å²) in [7, 11) is 2.95. The van der Waals surface area contributed by atoms with Crippen molar-refractivity contribution in [2.24, 2.45) is 5.92 Å². The van der Waals surface area contributed by atoms with Crippen LogP contribution in [0.15, 0.2) is 42.6 Å². The Labute approximate surface area is 378 Å². The second-order valence-corrected chi connectivity index (χ2v) is 15.8. The number of hydrogen-bond donors (Lipinski definition) is 2. The number of piperidine rings is 2. The van der Waals surface area contributed by atoms with Crippen LogP contribution < -0.4 is 29.7 Å². The summed E-state index contributed by atoms with van der Waals surface area (Å²) < 4.78 is 105. The Bertz CT molecular complexity index is 2840. The van der Waals surface area contributed by atoms with Gasteiger partial charge in [-0.15, -0.1) is 0 Å². The van der Waals surface area contributed by atoms with Crippen LogP contribution in [-0.2, 0) is 9.59 Å². The topological polar surface area (TPSA) is 170 Å². The van der Waals surface area contributed by atoms with Gasteiger partial charge in [0.2, 0.25) is 11.8 Å². The van der Waals surface area contributed by atoms with Gasteiger partial charge in [0.15, 0.2) is 11.5 Å². The van der Waals surface area contributed by atoms with Crippen LogP contribution in [0.25, 0.3) is 10.9 Å². The molecule has 4 aliphatic heterocycles. The van der Waals surface area contributed by atoms with Crippen LogP contribution in [0.5, 0.6) is 17.2 Å². The molecule has 4 aromatic rings. The van der Waals surface area contributed by atoms with Gasteiger partial charge in [-0.1, -0.05) is 23.2 Å². The highest BCUT2D eigenvalue weighted by Gasteiger charge is 2.46. The fourth-order valence-corrected chi connectivity index (χ4v) is 8.39. The van der Waals surface area contributed by atoms with Crippen LogP contribution in [-0.4, -0.2) is 122 Å². The molecule has 1 aromatic heterocycles. The van der Waals surface area contributed by atoms with Gasteiger partial charge in [-0.25, -0.2) is 4.39 Å². The molecule has 15 nitrogen and oxygen atoms in total. The van der Waals surface area contributed by atoms with E-state index in [1.165, 1.54) is 26.5 Å². The summed E-state index contributed by atoms with van der Waals surface area (Å²) >= 11 is 12.7. The van der Waals surface area contributed by atoms with Crippen molar-refractivity contribution in [1.29, 1.82) is 5.26 Å². The van der Waals surface area contributed by atoms with E-state index in [-0.39, 0.29) is 42.4 Å². The van der Waals surface area contributed by atoms with Gasteiger partial charge in [-0.2, -0.15) is 5.26 Å². The molecule has 0 bridgehead atoms. The lowest BCUT2D eigenvalue weighted by Crippen LogP contribution is -2.54. The van der Waals surface area contributed by atoms with Crippen LogP contribution >= 0.6 is 23.2 Å². The Morgan fingerprint density at radius 1 is 0.935 bits per heavy atom. The maximum absolute atomic E-state index is 15.9. The van der Waals surface area contributed by atoms with Gasteiger partial charge < -0.3 is 29.3 Å². The second kappa shape index (κ2) is 18.3. The molecule has 5 heterocycles. The summed E-state index contributed by atoms with van der Waals surface area (Å²) in [6.07, 6.45) is 2.43. The average molecular weight is 896 g/mol. The van der Waals surface area contributed by atoms with Gasteiger partial charge in [-0.05, 0) is 69.0 Å². The summed E-state index contributed by atoms with van der Waals surface area (Å²) in [6, 6.07) is 8.54. The third-order valence-electron chi connectivity index (χ3n) is 11.1. The number of ether oxygens (including phenoxy) is 3. The third kappa shape index (κ3) is 8.67. The van der Waals surface area contributed by atoms with Crippen LogP contribution in [0, 0.1) is 23.1 Å². The smallest absolute Gasteiger partial charge is 0.265 e. The average Bonchev–Trinajstić information content (AvgIpc) is 3.55. The molecule has 18 heteroatoms. The van der Waals surface area contributed by atoms with E-state index in [0.717, 1.165) is 6.07 Å². The number of anilines is 3. The highest BCUT2D eigenvalue weighted by atomic mass is 35.5. The van der Waals surface area contributed by atoms with Crippen molar-refractivity contribution < 1.29 is 48.7 Å². The zero-order valence-corrected chi connectivity index (χ0v) is 35.0. The minimum absolute atomic E-state index is 0.122. The van der Waals surface area contributed by atoms with Gasteiger partial charge in [-0.3, -0.25) is 39.3 Å². The van der Waals surface area contributed by atoms with E-state index in [9.17, 15) is 24.4 Å². The number of benzene rings is 3. The number of methoxy groups -OCH3 is 2. The molecule has 3 aromatic carbocycles. The number of nitrogens with one attached hydrogen (secondary N) is 2. The fourth-order valence-electron chi connectivity index (χ4n) is 7.89. The lowest BCUT2D eigenvalue weighted by atomic mass is 9.95. The van der Waals surface area contributed by atoms with E-state index in [0.29, 0.717) is 104 Å². The molecule has 0 aliphatic carbocycles. The number of halogens is 3. The quantitative estimate of drug-likeness (QED) is 0.118. The molecule has 324 valence electrons. The van der Waals surface area contributed by atoms with E-state index in [2.05, 4.69) is 21.3 Å². The Kier molecular flexibility index (Phi) is 10.00. The van der Waals surface area contributed by atoms with Gasteiger partial charge in [0, 0.05) is 80.4 Å². The minimum atomic E-state index is -3.40. The standard InChI is InChI=1S/C44H45Cl2FN8O7/c1-60-36-21-34(30(45)19-31(36)46)50-41-26(22-48)23-49-33-20-38(37(61-2)18-28(33)41)62-15-3-8-52-9-6-25(7-10-52)24-53-11-13-54(14-12-53)27-16-29-40(32(47)17-27)44(59)55(43(29)58)35-4-5-39(56)51-42(35)57/h16-21,23,25,35H,3-15,24H2,1-2H3,(H,49,50)(H,51,56,57)/i11D2,12D2,13D2,14D2. The highest BCUT2D eigenvalue weighted by Crippen LogP contribution is 2.41. The Balaban J connectivity index is 0.908. The van der Waals surface area contributed by atoms with Crippen molar-refractivity contribution in [3.05, 3.63) is 75.1 Å². The first-order valence-corrected chi connectivity index (χ1v) is 20.4. The number of carbonyl (C=O) groups excluding carboxylic acids is 4. The second-order valence-electron chi connectivity index (χ2n) is 14.9. The molecule has 4 amide bonds. The maximum atomic E-state index is 15.9. The number of hydrogen-bond acceptors (Lipinski definition) is 13. The van der Waals surface area contributed by atoms with E-state index in [4.69, 9.17) is 48.4 Å². The van der Waals surface area contributed by atoms with E-state index < -0.39 is 78.3 Å².